The van der Waals surface area contributed by atoms with E-state index in [0.29, 0.717) is 26.0 Å². The average molecular weight is 389 g/mol. The maximum Gasteiger partial charge on any atom is 0.335 e. The number of aromatic carboxylic acids is 1. The molecule has 2 unspecified atom stereocenters. The molecule has 1 saturated heterocycles. The van der Waals surface area contributed by atoms with Crippen molar-refractivity contribution in [2.24, 2.45) is 0 Å². The fourth-order valence-corrected chi connectivity index (χ4v) is 4.33. The zero-order valence-corrected chi connectivity index (χ0v) is 15.9. The number of rotatable bonds is 7. The zero-order valence-electron chi connectivity index (χ0n) is 14.9. The Morgan fingerprint density at radius 1 is 1.19 bits per heavy atom. The van der Waals surface area contributed by atoms with Crippen LogP contribution in [0.1, 0.15) is 21.5 Å². The van der Waals surface area contributed by atoms with E-state index in [0.717, 1.165) is 11.1 Å². The Morgan fingerprint density at radius 3 is 2.56 bits per heavy atom. The maximum atomic E-state index is 11.9. The lowest BCUT2D eigenvalue weighted by Gasteiger charge is -2.34. The predicted octanol–water partition coefficient (Wildman–Crippen LogP) is 2.36. The van der Waals surface area contributed by atoms with E-state index in [2.05, 4.69) is 5.32 Å². The third kappa shape index (κ3) is 5.50. The normalized spacial score (nSPS) is 22.1. The molecule has 1 aliphatic rings. The van der Waals surface area contributed by atoms with Crippen molar-refractivity contribution in [1.82, 2.24) is 5.32 Å². The van der Waals surface area contributed by atoms with Gasteiger partial charge >= 0.3 is 5.97 Å². The van der Waals surface area contributed by atoms with E-state index in [4.69, 9.17) is 9.84 Å². The first-order valence-electron chi connectivity index (χ1n) is 8.97. The third-order valence-electron chi connectivity index (χ3n) is 4.84. The highest BCUT2D eigenvalue weighted by atomic mass is 31.1. The molecule has 0 aliphatic carbocycles. The molecule has 3 rings (SSSR count). The number of carboxylic acids is 1. The summed E-state index contributed by atoms with van der Waals surface area (Å²) in [6.07, 6.45) is 0.835. The van der Waals surface area contributed by atoms with Gasteiger partial charge in [0.15, 0.2) is 8.03 Å². The van der Waals surface area contributed by atoms with Gasteiger partial charge in [0.2, 0.25) is 0 Å². The number of hydrogen-bond donors (Lipinski definition) is 3. The molecule has 0 bridgehead atoms. The Hall–Kier alpha value is -1.98. The van der Waals surface area contributed by atoms with Crippen molar-refractivity contribution in [3.8, 4) is 0 Å². The minimum atomic E-state index is -2.74. The fraction of sp³-hybridized carbons (Fsp3) is 0.350. The van der Waals surface area contributed by atoms with Crippen LogP contribution >= 0.6 is 8.03 Å². The smallest absolute Gasteiger partial charge is 0.335 e. The highest BCUT2D eigenvalue weighted by molar-refractivity contribution is 7.39. The van der Waals surface area contributed by atoms with Crippen molar-refractivity contribution >= 4 is 14.0 Å². The number of carbonyl (C=O) groups is 1. The van der Waals surface area contributed by atoms with E-state index in [1.807, 2.05) is 36.4 Å². The van der Waals surface area contributed by atoms with Crippen LogP contribution in [0.2, 0.25) is 0 Å². The van der Waals surface area contributed by atoms with Crippen molar-refractivity contribution in [3.05, 3.63) is 71.3 Å². The lowest BCUT2D eigenvalue weighted by Crippen LogP contribution is -2.51. The summed E-state index contributed by atoms with van der Waals surface area (Å²) in [4.78, 5) is 20.9. The minimum Gasteiger partial charge on any atom is -0.478 e. The molecular formula is C20H24NO5P. The number of benzene rings is 2. The van der Waals surface area contributed by atoms with Gasteiger partial charge in [0.25, 0.3) is 0 Å². The largest absolute Gasteiger partial charge is 0.478 e. The van der Waals surface area contributed by atoms with Gasteiger partial charge in [0, 0.05) is 12.6 Å². The number of nitrogens with one attached hydrogen (secondary N) is 1. The summed E-state index contributed by atoms with van der Waals surface area (Å²) in [7, 11) is -2.74. The molecule has 2 aromatic carbocycles. The van der Waals surface area contributed by atoms with Crippen molar-refractivity contribution < 1.29 is 24.1 Å². The summed E-state index contributed by atoms with van der Waals surface area (Å²) in [5, 5.41) is 12.5. The van der Waals surface area contributed by atoms with Crippen molar-refractivity contribution in [3.63, 3.8) is 0 Å². The SMILES string of the molecule is O=C(O)c1cccc(C[C@@H]2CO[C@H](C(Cc3ccccc3)[PH](=O)O)CN2)c1. The molecule has 1 aliphatic heterocycles. The molecule has 0 aromatic heterocycles. The van der Waals surface area contributed by atoms with E-state index >= 15 is 0 Å². The van der Waals surface area contributed by atoms with Gasteiger partial charge in [-0.2, -0.15) is 0 Å². The van der Waals surface area contributed by atoms with E-state index in [1.165, 1.54) is 0 Å². The topological polar surface area (TPSA) is 95.9 Å². The predicted molar refractivity (Wildman–Crippen MR) is 104 cm³/mol. The third-order valence-corrected chi connectivity index (χ3v) is 6.05. The second-order valence-corrected chi connectivity index (χ2v) is 8.24. The van der Waals surface area contributed by atoms with Crippen LogP contribution < -0.4 is 5.32 Å². The van der Waals surface area contributed by atoms with Gasteiger partial charge in [0.05, 0.1) is 23.9 Å². The fourth-order valence-electron chi connectivity index (χ4n) is 3.39. The van der Waals surface area contributed by atoms with Gasteiger partial charge < -0.3 is 20.1 Å². The summed E-state index contributed by atoms with van der Waals surface area (Å²) in [5.41, 5.74) is 1.78. The van der Waals surface area contributed by atoms with Crippen LogP contribution in [-0.4, -0.2) is 46.9 Å². The monoisotopic (exact) mass is 389 g/mol. The van der Waals surface area contributed by atoms with E-state index in [-0.39, 0.29) is 17.7 Å². The lowest BCUT2D eigenvalue weighted by molar-refractivity contribution is 0.00137. The van der Waals surface area contributed by atoms with Crippen LogP contribution in [0.4, 0.5) is 0 Å². The van der Waals surface area contributed by atoms with E-state index in [9.17, 15) is 14.3 Å². The quantitative estimate of drug-likeness (QED) is 0.630. The maximum absolute atomic E-state index is 11.9. The Morgan fingerprint density at radius 2 is 1.93 bits per heavy atom. The van der Waals surface area contributed by atoms with Gasteiger partial charge in [-0.3, -0.25) is 4.57 Å². The van der Waals surface area contributed by atoms with Gasteiger partial charge in [-0.1, -0.05) is 42.5 Å². The number of hydrogen-bond acceptors (Lipinski definition) is 4. The molecule has 1 fully saturated rings. The van der Waals surface area contributed by atoms with Crippen LogP contribution in [0.15, 0.2) is 54.6 Å². The molecular weight excluding hydrogens is 365 g/mol. The molecule has 0 amide bonds. The molecule has 3 N–H and O–H groups in total. The highest BCUT2D eigenvalue weighted by Gasteiger charge is 2.31. The first kappa shape index (κ1) is 19.8. The average Bonchev–Trinajstić information content (AvgIpc) is 2.68. The molecule has 6 nitrogen and oxygen atoms in total. The summed E-state index contributed by atoms with van der Waals surface area (Å²) in [5.74, 6) is -0.943. The lowest BCUT2D eigenvalue weighted by atomic mass is 10.0. The Labute approximate surface area is 159 Å². The second-order valence-electron chi connectivity index (χ2n) is 6.82. The molecule has 0 radical (unpaired) electrons. The summed E-state index contributed by atoms with van der Waals surface area (Å²) in [6, 6.07) is 16.6. The van der Waals surface area contributed by atoms with E-state index < -0.39 is 19.7 Å². The first-order chi connectivity index (χ1) is 13.0. The van der Waals surface area contributed by atoms with Crippen LogP contribution in [0.25, 0.3) is 0 Å². The molecule has 2 aromatic rings. The first-order valence-corrected chi connectivity index (χ1v) is 10.4. The van der Waals surface area contributed by atoms with Gasteiger partial charge in [-0.25, -0.2) is 4.79 Å². The van der Waals surface area contributed by atoms with Crippen molar-refractivity contribution in [2.75, 3.05) is 13.2 Å². The Kier molecular flexibility index (Phi) is 6.80. The van der Waals surface area contributed by atoms with Crippen LogP contribution in [0.5, 0.6) is 0 Å². The van der Waals surface area contributed by atoms with Crippen LogP contribution in [0, 0.1) is 0 Å². The van der Waals surface area contributed by atoms with E-state index in [1.54, 1.807) is 18.2 Å². The summed E-state index contributed by atoms with van der Waals surface area (Å²) < 4.78 is 17.8. The molecule has 1 heterocycles. The number of morpholine rings is 1. The summed E-state index contributed by atoms with van der Waals surface area (Å²) >= 11 is 0. The summed E-state index contributed by atoms with van der Waals surface area (Å²) in [6.45, 7) is 0.917. The second kappa shape index (κ2) is 9.29. The van der Waals surface area contributed by atoms with Crippen LogP contribution in [0.3, 0.4) is 0 Å². The molecule has 144 valence electrons. The number of ether oxygens (including phenoxy) is 1. The van der Waals surface area contributed by atoms with Gasteiger partial charge in [-0.05, 0) is 36.1 Å². The zero-order chi connectivity index (χ0) is 19.2. The molecule has 4 atom stereocenters. The molecule has 7 heteroatoms. The standard InChI is InChI=1S/C20H24NO5P/c22-20(23)16-8-4-7-15(9-16)10-17-13-26-18(12-21-17)19(27(24)25)11-14-5-2-1-3-6-14/h1-9,17-19,21,27H,10-13H2,(H,22,23)(H,24,25)/t17-,18+,19?/m1/s1. The Balaban J connectivity index is 1.57. The molecule has 0 saturated carbocycles. The van der Waals surface area contributed by atoms with Gasteiger partial charge in [-0.15, -0.1) is 0 Å². The molecule has 0 spiro atoms. The van der Waals surface area contributed by atoms with Crippen LogP contribution in [-0.2, 0) is 22.1 Å². The molecule has 27 heavy (non-hydrogen) atoms. The number of carboxylic acid groups (broad SMARTS) is 1. The van der Waals surface area contributed by atoms with Crippen molar-refractivity contribution in [2.45, 2.75) is 30.6 Å². The highest BCUT2D eigenvalue weighted by Crippen LogP contribution is 2.31. The minimum absolute atomic E-state index is 0.0451. The Bertz CT molecular complexity index is 790. The van der Waals surface area contributed by atoms with Crippen molar-refractivity contribution in [1.29, 1.82) is 0 Å². The van der Waals surface area contributed by atoms with Gasteiger partial charge in [0.1, 0.15) is 0 Å².